The van der Waals surface area contributed by atoms with Crippen molar-refractivity contribution in [2.24, 2.45) is 11.7 Å². The Kier molecular flexibility index (Phi) is 3.78. The van der Waals surface area contributed by atoms with Crippen molar-refractivity contribution in [2.45, 2.75) is 6.42 Å². The van der Waals surface area contributed by atoms with Crippen LogP contribution in [0, 0.1) is 5.92 Å². The maximum absolute atomic E-state index is 12.4. The second kappa shape index (κ2) is 5.89. The van der Waals surface area contributed by atoms with Crippen molar-refractivity contribution < 1.29 is 14.3 Å². The maximum atomic E-state index is 12.4. The van der Waals surface area contributed by atoms with E-state index in [4.69, 9.17) is 10.5 Å². The second-order valence-electron chi connectivity index (χ2n) is 5.25. The summed E-state index contributed by atoms with van der Waals surface area (Å²) >= 11 is 0. The van der Waals surface area contributed by atoms with Gasteiger partial charge in [-0.2, -0.15) is 0 Å². The first-order chi connectivity index (χ1) is 10.6. The third kappa shape index (κ3) is 2.93. The number of anilines is 1. The highest BCUT2D eigenvalue weighted by atomic mass is 16.5. The van der Waals surface area contributed by atoms with E-state index in [1.165, 1.54) is 0 Å². The van der Waals surface area contributed by atoms with E-state index in [-0.39, 0.29) is 11.8 Å². The van der Waals surface area contributed by atoms with Crippen LogP contribution in [0.2, 0.25) is 0 Å². The van der Waals surface area contributed by atoms with Crippen molar-refractivity contribution in [1.82, 2.24) is 0 Å². The van der Waals surface area contributed by atoms with Crippen LogP contribution in [0.3, 0.4) is 0 Å². The molecule has 0 unspecified atom stereocenters. The Bertz CT molecular complexity index is 727. The molecule has 0 aliphatic carbocycles. The van der Waals surface area contributed by atoms with Gasteiger partial charge in [-0.3, -0.25) is 9.59 Å². The number of rotatable bonds is 3. The predicted molar refractivity (Wildman–Crippen MR) is 82.7 cm³/mol. The van der Waals surface area contributed by atoms with Gasteiger partial charge in [-0.15, -0.1) is 0 Å². The van der Waals surface area contributed by atoms with Crippen molar-refractivity contribution in [3.63, 3.8) is 0 Å². The third-order valence-corrected chi connectivity index (χ3v) is 3.66. The molecule has 0 radical (unpaired) electrons. The fourth-order valence-electron chi connectivity index (χ4n) is 2.49. The van der Waals surface area contributed by atoms with Gasteiger partial charge in [-0.1, -0.05) is 24.3 Å². The monoisotopic (exact) mass is 296 g/mol. The molecule has 112 valence electrons. The summed E-state index contributed by atoms with van der Waals surface area (Å²) in [5, 5.41) is 2.81. The second-order valence-corrected chi connectivity index (χ2v) is 5.25. The summed E-state index contributed by atoms with van der Waals surface area (Å²) in [5.74, 6) is -0.0726. The lowest BCUT2D eigenvalue weighted by Gasteiger charge is -2.24. The van der Waals surface area contributed by atoms with Gasteiger partial charge in [0.25, 0.3) is 0 Å². The van der Waals surface area contributed by atoms with E-state index in [0.29, 0.717) is 24.3 Å². The summed E-state index contributed by atoms with van der Waals surface area (Å²) in [5.41, 5.74) is 7.18. The number of carbonyl (C=O) groups excluding carboxylic acids is 2. The van der Waals surface area contributed by atoms with Crippen molar-refractivity contribution in [2.75, 3.05) is 11.9 Å². The minimum Gasteiger partial charge on any atom is -0.492 e. The number of primary amides is 1. The van der Waals surface area contributed by atoms with Crippen LogP contribution in [0.25, 0.3) is 0 Å². The Hall–Kier alpha value is -2.82. The highest BCUT2D eigenvalue weighted by molar-refractivity contribution is 5.97. The molecule has 3 N–H and O–H groups in total. The van der Waals surface area contributed by atoms with Crippen LogP contribution in [-0.4, -0.2) is 18.4 Å². The summed E-state index contributed by atoms with van der Waals surface area (Å²) in [7, 11) is 0. The van der Waals surface area contributed by atoms with Crippen molar-refractivity contribution in [3.05, 3.63) is 59.7 Å². The average molecular weight is 296 g/mol. The van der Waals surface area contributed by atoms with Crippen molar-refractivity contribution >= 4 is 17.5 Å². The summed E-state index contributed by atoms with van der Waals surface area (Å²) < 4.78 is 5.62. The van der Waals surface area contributed by atoms with E-state index < -0.39 is 5.91 Å². The molecule has 5 nitrogen and oxygen atoms in total. The Morgan fingerprint density at radius 1 is 1.14 bits per heavy atom. The summed E-state index contributed by atoms with van der Waals surface area (Å²) in [6, 6.07) is 14.3. The molecule has 1 atom stereocenters. The third-order valence-electron chi connectivity index (χ3n) is 3.66. The predicted octanol–water partition coefficient (Wildman–Crippen LogP) is 1.98. The normalized spacial score (nSPS) is 16.3. The number of hydrogen-bond acceptors (Lipinski definition) is 3. The van der Waals surface area contributed by atoms with Gasteiger partial charge in [-0.25, -0.2) is 0 Å². The molecule has 5 heteroatoms. The molecule has 2 aromatic carbocycles. The summed E-state index contributed by atoms with van der Waals surface area (Å²) in [4.78, 5) is 23.5. The molecule has 0 spiro atoms. The zero-order valence-electron chi connectivity index (χ0n) is 11.9. The molecule has 0 aromatic heterocycles. The Morgan fingerprint density at radius 3 is 2.77 bits per heavy atom. The molecule has 0 saturated carbocycles. The van der Waals surface area contributed by atoms with Gasteiger partial charge in [0.15, 0.2) is 0 Å². The van der Waals surface area contributed by atoms with Gasteiger partial charge >= 0.3 is 0 Å². The van der Waals surface area contributed by atoms with E-state index in [0.717, 1.165) is 11.3 Å². The first kappa shape index (κ1) is 14.1. The van der Waals surface area contributed by atoms with Gasteiger partial charge in [-0.05, 0) is 36.2 Å². The molecule has 1 heterocycles. The maximum Gasteiger partial charge on any atom is 0.248 e. The van der Waals surface area contributed by atoms with Crippen LogP contribution in [0.1, 0.15) is 15.9 Å². The first-order valence-corrected chi connectivity index (χ1v) is 7.05. The Balaban J connectivity index is 1.71. The van der Waals surface area contributed by atoms with Crippen LogP contribution in [0.5, 0.6) is 5.75 Å². The molecule has 1 aliphatic rings. The van der Waals surface area contributed by atoms with Crippen LogP contribution >= 0.6 is 0 Å². The Labute approximate surface area is 128 Å². The number of nitrogens with one attached hydrogen (secondary N) is 1. The number of nitrogens with two attached hydrogens (primary N) is 1. The molecule has 3 rings (SSSR count). The molecular weight excluding hydrogens is 280 g/mol. The quantitative estimate of drug-likeness (QED) is 0.908. The van der Waals surface area contributed by atoms with E-state index >= 15 is 0 Å². The lowest BCUT2D eigenvalue weighted by molar-refractivity contribution is -0.121. The lowest BCUT2D eigenvalue weighted by atomic mass is 9.96. The number of para-hydroxylation sites is 1. The topological polar surface area (TPSA) is 81.4 Å². The standard InChI is InChI=1S/C17H16N2O3/c18-16(20)12-5-3-6-14(9-12)19-17(21)13-8-11-4-1-2-7-15(11)22-10-13/h1-7,9,13H,8,10H2,(H2,18,20)(H,19,21)/t13-/m0/s1. The SMILES string of the molecule is NC(=O)c1cccc(NC(=O)[C@@H]2COc3ccccc3C2)c1. The molecule has 22 heavy (non-hydrogen) atoms. The van der Waals surface area contributed by atoms with Gasteiger partial charge in [0.05, 0.1) is 5.92 Å². The molecule has 0 fully saturated rings. The zero-order chi connectivity index (χ0) is 15.5. The number of benzene rings is 2. The smallest absolute Gasteiger partial charge is 0.248 e. The molecule has 1 aliphatic heterocycles. The summed E-state index contributed by atoms with van der Waals surface area (Å²) in [6.07, 6.45) is 0.636. The average Bonchev–Trinajstić information content (AvgIpc) is 2.54. The number of fused-ring (bicyclic) bond motifs is 1. The van der Waals surface area contributed by atoms with E-state index in [1.807, 2.05) is 24.3 Å². The lowest BCUT2D eigenvalue weighted by Crippen LogP contribution is -2.32. The van der Waals surface area contributed by atoms with Gasteiger partial charge in [0.1, 0.15) is 12.4 Å². The fourth-order valence-corrected chi connectivity index (χ4v) is 2.49. The molecule has 2 aromatic rings. The minimum atomic E-state index is -0.522. The minimum absolute atomic E-state index is 0.129. The van der Waals surface area contributed by atoms with E-state index in [2.05, 4.69) is 5.32 Å². The fraction of sp³-hybridized carbons (Fsp3) is 0.176. The highest BCUT2D eigenvalue weighted by Crippen LogP contribution is 2.27. The summed E-state index contributed by atoms with van der Waals surface area (Å²) in [6.45, 7) is 0.346. The van der Waals surface area contributed by atoms with Crippen LogP contribution < -0.4 is 15.8 Å². The molecule has 0 bridgehead atoms. The van der Waals surface area contributed by atoms with Gasteiger partial charge < -0.3 is 15.8 Å². The number of ether oxygens (including phenoxy) is 1. The molecule has 2 amide bonds. The zero-order valence-corrected chi connectivity index (χ0v) is 11.9. The Morgan fingerprint density at radius 2 is 1.95 bits per heavy atom. The number of hydrogen-bond donors (Lipinski definition) is 2. The first-order valence-electron chi connectivity index (χ1n) is 7.05. The van der Waals surface area contributed by atoms with Gasteiger partial charge in [0.2, 0.25) is 11.8 Å². The van der Waals surface area contributed by atoms with Crippen molar-refractivity contribution in [1.29, 1.82) is 0 Å². The van der Waals surface area contributed by atoms with Crippen LogP contribution in [-0.2, 0) is 11.2 Å². The van der Waals surface area contributed by atoms with Crippen molar-refractivity contribution in [3.8, 4) is 5.75 Å². The van der Waals surface area contributed by atoms with Gasteiger partial charge in [0, 0.05) is 11.3 Å². The molecule has 0 saturated heterocycles. The van der Waals surface area contributed by atoms with E-state index in [9.17, 15) is 9.59 Å². The van der Waals surface area contributed by atoms with Crippen LogP contribution in [0.4, 0.5) is 5.69 Å². The number of amides is 2. The van der Waals surface area contributed by atoms with E-state index in [1.54, 1.807) is 24.3 Å². The number of carbonyl (C=O) groups is 2. The van der Waals surface area contributed by atoms with Crippen LogP contribution in [0.15, 0.2) is 48.5 Å². The molecular formula is C17H16N2O3. The highest BCUT2D eigenvalue weighted by Gasteiger charge is 2.25. The largest absolute Gasteiger partial charge is 0.492 e.